The largest absolute Gasteiger partial charge is 0.478 e. The van der Waals surface area contributed by atoms with Crippen molar-refractivity contribution in [3.05, 3.63) is 118 Å². The molecule has 7 heteroatoms. The number of carbonyl (C=O) groups excluding carboxylic acids is 1. The van der Waals surface area contributed by atoms with E-state index in [0.29, 0.717) is 34.6 Å². The number of aliphatic carboxylic acids is 1. The number of allylic oxidation sites excluding steroid dienone is 4. The molecule has 1 aromatic heterocycles. The molecule has 5 rings (SSSR count). The van der Waals surface area contributed by atoms with Crippen molar-refractivity contribution < 1.29 is 28.2 Å². The third-order valence-electron chi connectivity index (χ3n) is 8.52. The molecule has 2 unspecified atom stereocenters. The summed E-state index contributed by atoms with van der Waals surface area (Å²) in [6, 6.07) is 12.4. The van der Waals surface area contributed by atoms with Gasteiger partial charge in [-0.25, -0.2) is 4.79 Å². The molecule has 43 heavy (non-hydrogen) atoms. The first-order valence-electron chi connectivity index (χ1n) is 14.5. The van der Waals surface area contributed by atoms with Gasteiger partial charge in [0.05, 0.1) is 0 Å². The number of ether oxygens (including phenoxy) is 1. The minimum atomic E-state index is -3.10. The van der Waals surface area contributed by atoms with Gasteiger partial charge >= 0.3 is 5.97 Å². The SMILES string of the molecule is C=CC(F)(F)c1ccc(Oc2ccc(C(=O)C=C3CCCC(Cn4cc5c(c4=C)=CC=C(C(=O)O)C5C)CC3)cc2)cc1. The quantitative estimate of drug-likeness (QED) is 0.125. The fraction of sp³-hybridized carbons (Fsp3) is 0.278. The lowest BCUT2D eigenvalue weighted by atomic mass is 9.90. The second kappa shape index (κ2) is 12.4. The van der Waals surface area contributed by atoms with Gasteiger partial charge in [-0.15, -0.1) is 0 Å². The molecule has 222 valence electrons. The van der Waals surface area contributed by atoms with Crippen LogP contribution in [0.2, 0.25) is 0 Å². The number of aromatic nitrogens is 1. The molecule has 2 aliphatic rings. The molecule has 2 aliphatic carbocycles. The van der Waals surface area contributed by atoms with Crippen LogP contribution in [0.4, 0.5) is 8.78 Å². The molecule has 5 nitrogen and oxygen atoms in total. The van der Waals surface area contributed by atoms with E-state index in [1.165, 1.54) is 24.3 Å². The van der Waals surface area contributed by atoms with Gasteiger partial charge in [0.15, 0.2) is 5.78 Å². The summed E-state index contributed by atoms with van der Waals surface area (Å²) in [5.41, 5.74) is 2.94. The summed E-state index contributed by atoms with van der Waals surface area (Å²) in [4.78, 5) is 24.6. The maximum Gasteiger partial charge on any atom is 0.332 e. The average Bonchev–Trinajstić information content (AvgIpc) is 3.15. The Kier molecular flexibility index (Phi) is 8.62. The van der Waals surface area contributed by atoms with E-state index in [1.54, 1.807) is 36.4 Å². The van der Waals surface area contributed by atoms with Gasteiger partial charge < -0.3 is 14.4 Å². The predicted molar refractivity (Wildman–Crippen MR) is 164 cm³/mol. The highest BCUT2D eigenvalue weighted by Crippen LogP contribution is 2.32. The highest BCUT2D eigenvalue weighted by Gasteiger charge is 2.27. The number of hydrogen-bond donors (Lipinski definition) is 1. The zero-order chi connectivity index (χ0) is 30.7. The number of halogens is 2. The molecule has 2 atom stereocenters. The van der Waals surface area contributed by atoms with Gasteiger partial charge in [0.25, 0.3) is 5.92 Å². The van der Waals surface area contributed by atoms with Gasteiger partial charge in [0, 0.05) is 45.9 Å². The van der Waals surface area contributed by atoms with Crippen LogP contribution in [-0.4, -0.2) is 21.4 Å². The van der Waals surface area contributed by atoms with Gasteiger partial charge in [-0.3, -0.25) is 4.79 Å². The standard InChI is InChI=1S/C36H35F2NO4/c1-4-36(37,38)28-12-16-30(17-13-28)43-29-14-10-27(11-15-29)34(40)20-25-6-5-7-26(9-8-25)21-39-22-33-23(2)31(35(41)42)18-19-32(33)24(39)3/h4,10-20,22-23,26H,1,3,5-9,21H2,2H3,(H,41,42). The van der Waals surface area contributed by atoms with E-state index in [9.17, 15) is 23.5 Å². The Bertz CT molecular complexity index is 1710. The van der Waals surface area contributed by atoms with E-state index in [0.717, 1.165) is 60.4 Å². The number of alkyl halides is 2. The smallest absolute Gasteiger partial charge is 0.332 e. The zero-order valence-electron chi connectivity index (χ0n) is 24.2. The van der Waals surface area contributed by atoms with Crippen molar-refractivity contribution in [1.29, 1.82) is 0 Å². The number of hydrogen-bond acceptors (Lipinski definition) is 3. The molecule has 0 spiro atoms. The van der Waals surface area contributed by atoms with E-state index in [-0.39, 0.29) is 17.3 Å². The molecular weight excluding hydrogens is 548 g/mol. The molecule has 3 aromatic rings. The Balaban J connectivity index is 1.18. The highest BCUT2D eigenvalue weighted by atomic mass is 19.3. The van der Waals surface area contributed by atoms with Gasteiger partial charge in [-0.2, -0.15) is 8.78 Å². The number of carbonyl (C=O) groups is 2. The van der Waals surface area contributed by atoms with Gasteiger partial charge in [0.1, 0.15) is 11.5 Å². The first kappa shape index (κ1) is 30.0. The molecule has 0 bridgehead atoms. The average molecular weight is 584 g/mol. The second-order valence-corrected chi connectivity index (χ2v) is 11.4. The third-order valence-corrected chi connectivity index (χ3v) is 8.52. The van der Waals surface area contributed by atoms with Crippen molar-refractivity contribution in [3.8, 4) is 11.5 Å². The molecule has 0 radical (unpaired) electrons. The predicted octanol–water partition coefficient (Wildman–Crippen LogP) is 7.27. The number of rotatable bonds is 9. The van der Waals surface area contributed by atoms with E-state index < -0.39 is 11.9 Å². The highest BCUT2D eigenvalue weighted by molar-refractivity contribution is 6.05. The van der Waals surface area contributed by atoms with Crippen molar-refractivity contribution in [2.45, 2.75) is 57.4 Å². The summed E-state index contributed by atoms with van der Waals surface area (Å²) in [7, 11) is 0. The van der Waals surface area contributed by atoms with Crippen LogP contribution in [-0.2, 0) is 17.3 Å². The summed E-state index contributed by atoms with van der Waals surface area (Å²) >= 11 is 0. The topological polar surface area (TPSA) is 68.5 Å². The molecular formula is C36H35F2NO4. The first-order valence-corrected chi connectivity index (χ1v) is 14.5. The molecule has 0 aliphatic heterocycles. The third kappa shape index (κ3) is 6.61. The normalized spacial score (nSPS) is 19.5. The summed E-state index contributed by atoms with van der Waals surface area (Å²) in [6.07, 6.45) is 12.7. The van der Waals surface area contributed by atoms with Crippen LogP contribution in [0.15, 0.2) is 90.7 Å². The monoisotopic (exact) mass is 583 g/mol. The number of carboxylic acid groups (broad SMARTS) is 1. The summed E-state index contributed by atoms with van der Waals surface area (Å²) in [6.45, 7) is 10.2. The Labute approximate surface area is 249 Å². The minimum absolute atomic E-state index is 0.0552. The van der Waals surface area contributed by atoms with Crippen molar-refractivity contribution in [2.24, 2.45) is 5.92 Å². The maximum atomic E-state index is 13.7. The molecule has 1 heterocycles. The number of benzene rings is 2. The Morgan fingerprint density at radius 1 is 1.05 bits per heavy atom. The van der Waals surface area contributed by atoms with Crippen molar-refractivity contribution in [1.82, 2.24) is 4.57 Å². The van der Waals surface area contributed by atoms with Crippen LogP contribution < -0.4 is 15.3 Å². The molecule has 1 saturated carbocycles. The zero-order valence-corrected chi connectivity index (χ0v) is 24.2. The fourth-order valence-electron chi connectivity index (χ4n) is 5.92. The summed E-state index contributed by atoms with van der Waals surface area (Å²) in [5.74, 6) is -2.87. The van der Waals surface area contributed by atoms with Crippen molar-refractivity contribution >= 4 is 24.4 Å². The Morgan fingerprint density at radius 3 is 2.37 bits per heavy atom. The van der Waals surface area contributed by atoms with Crippen LogP contribution in [0.3, 0.4) is 0 Å². The van der Waals surface area contributed by atoms with Crippen molar-refractivity contribution in [2.75, 3.05) is 0 Å². The van der Waals surface area contributed by atoms with Gasteiger partial charge in [-0.1, -0.05) is 37.8 Å². The van der Waals surface area contributed by atoms with Crippen LogP contribution in [0.25, 0.3) is 12.7 Å². The maximum absolute atomic E-state index is 13.7. The lowest BCUT2D eigenvalue weighted by molar-refractivity contribution is -0.132. The van der Waals surface area contributed by atoms with Crippen LogP contribution >= 0.6 is 0 Å². The first-order chi connectivity index (χ1) is 20.6. The molecule has 1 fully saturated rings. The number of ketones is 1. The Morgan fingerprint density at radius 2 is 1.72 bits per heavy atom. The number of carboxylic acids is 1. The van der Waals surface area contributed by atoms with E-state index in [1.807, 2.05) is 13.0 Å². The number of nitrogens with zero attached hydrogens (tertiary/aromatic N) is 1. The van der Waals surface area contributed by atoms with E-state index >= 15 is 0 Å². The molecule has 1 N–H and O–H groups in total. The lowest BCUT2D eigenvalue weighted by Crippen LogP contribution is -2.32. The lowest BCUT2D eigenvalue weighted by Gasteiger charge is -2.15. The number of fused-ring (bicyclic) bond motifs is 1. The van der Waals surface area contributed by atoms with E-state index in [4.69, 9.17) is 4.74 Å². The van der Waals surface area contributed by atoms with Crippen LogP contribution in [0, 0.1) is 5.92 Å². The molecule has 0 saturated heterocycles. The fourth-order valence-corrected chi connectivity index (χ4v) is 5.92. The van der Waals surface area contributed by atoms with Gasteiger partial charge in [0.2, 0.25) is 0 Å². The summed E-state index contributed by atoms with van der Waals surface area (Å²) in [5, 5.41) is 11.4. The van der Waals surface area contributed by atoms with Crippen LogP contribution in [0.5, 0.6) is 11.5 Å². The van der Waals surface area contributed by atoms with E-state index in [2.05, 4.69) is 23.9 Å². The second-order valence-electron chi connectivity index (χ2n) is 11.4. The summed E-state index contributed by atoms with van der Waals surface area (Å²) < 4.78 is 35.4. The van der Waals surface area contributed by atoms with Crippen molar-refractivity contribution in [3.63, 3.8) is 0 Å². The van der Waals surface area contributed by atoms with Gasteiger partial charge in [-0.05, 0) is 104 Å². The molecule has 2 aromatic carbocycles. The van der Waals surface area contributed by atoms with Crippen LogP contribution in [0.1, 0.15) is 66.4 Å². The minimum Gasteiger partial charge on any atom is -0.478 e. The molecule has 0 amide bonds. The Hall–Kier alpha value is -4.52.